The minimum atomic E-state index is -0.421. The lowest BCUT2D eigenvalue weighted by Crippen LogP contribution is -2.44. The van der Waals surface area contributed by atoms with E-state index < -0.39 is 5.82 Å². The Kier molecular flexibility index (Phi) is 4.85. The lowest BCUT2D eigenvalue weighted by atomic mass is 9.98. The number of rotatable bonds is 6. The van der Waals surface area contributed by atoms with E-state index >= 15 is 0 Å². The van der Waals surface area contributed by atoms with Crippen molar-refractivity contribution in [2.75, 3.05) is 4.90 Å². The van der Waals surface area contributed by atoms with Crippen molar-refractivity contribution in [2.45, 2.75) is 50.4 Å². The Labute approximate surface area is 187 Å². The van der Waals surface area contributed by atoms with Crippen LogP contribution in [0.4, 0.5) is 10.3 Å². The molecule has 2 saturated heterocycles. The van der Waals surface area contributed by atoms with Gasteiger partial charge in [-0.3, -0.25) is 0 Å². The Hall–Kier alpha value is -4.03. The van der Waals surface area contributed by atoms with E-state index in [1.807, 2.05) is 0 Å². The third kappa shape index (κ3) is 3.85. The van der Waals surface area contributed by atoms with Gasteiger partial charge in [0.1, 0.15) is 24.4 Å². The summed E-state index contributed by atoms with van der Waals surface area (Å²) >= 11 is 0. The fourth-order valence-electron chi connectivity index (χ4n) is 4.67. The maximum atomic E-state index is 13.2. The van der Waals surface area contributed by atoms with Gasteiger partial charge in [-0.25, -0.2) is 19.3 Å². The number of nitrogens with zero attached hydrogens (tertiary/aromatic N) is 11. The summed E-state index contributed by atoms with van der Waals surface area (Å²) in [4.78, 5) is 16.7. The SMILES string of the molecule is Fc1cnc(N2C3CCC2CC(n2ncc(COc4ccc(-n5cnnn5)nc4)n2)C3)nc1. The molecule has 0 aliphatic carbocycles. The van der Waals surface area contributed by atoms with Crippen LogP contribution in [-0.4, -0.2) is 62.2 Å². The second-order valence-corrected chi connectivity index (χ2v) is 8.17. The van der Waals surface area contributed by atoms with Gasteiger partial charge in [-0.1, -0.05) is 0 Å². The fraction of sp³-hybridized carbons (Fsp3) is 0.400. The van der Waals surface area contributed by atoms with Crippen molar-refractivity contribution >= 4 is 5.95 Å². The Bertz CT molecular complexity index is 1200. The van der Waals surface area contributed by atoms with E-state index in [-0.39, 0.29) is 6.04 Å². The third-order valence-corrected chi connectivity index (χ3v) is 6.12. The third-order valence-electron chi connectivity index (χ3n) is 6.12. The van der Waals surface area contributed by atoms with Crippen molar-refractivity contribution in [3.8, 4) is 11.6 Å². The first kappa shape index (κ1) is 19.6. The van der Waals surface area contributed by atoms with E-state index in [1.165, 1.54) is 23.4 Å². The largest absolute Gasteiger partial charge is 0.486 e. The van der Waals surface area contributed by atoms with Gasteiger partial charge in [0.2, 0.25) is 5.95 Å². The lowest BCUT2D eigenvalue weighted by molar-refractivity contribution is 0.275. The molecular weight excluding hydrogens is 429 g/mol. The fourth-order valence-corrected chi connectivity index (χ4v) is 4.67. The molecule has 2 aliphatic rings. The van der Waals surface area contributed by atoms with Crippen LogP contribution in [-0.2, 0) is 6.61 Å². The molecule has 33 heavy (non-hydrogen) atoms. The molecule has 0 N–H and O–H groups in total. The molecule has 0 saturated carbocycles. The van der Waals surface area contributed by atoms with Crippen molar-refractivity contribution in [2.24, 2.45) is 0 Å². The van der Waals surface area contributed by atoms with E-state index in [1.54, 1.807) is 29.3 Å². The van der Waals surface area contributed by atoms with E-state index in [2.05, 4.69) is 45.6 Å². The summed E-state index contributed by atoms with van der Waals surface area (Å²) in [5.41, 5.74) is 0.746. The highest BCUT2D eigenvalue weighted by Gasteiger charge is 2.43. The first-order valence-electron chi connectivity index (χ1n) is 10.7. The van der Waals surface area contributed by atoms with Crippen LogP contribution in [0.1, 0.15) is 37.4 Å². The normalized spacial score (nSPS) is 22.0. The second-order valence-electron chi connectivity index (χ2n) is 8.17. The van der Waals surface area contributed by atoms with Crippen LogP contribution in [0.3, 0.4) is 0 Å². The highest BCUT2D eigenvalue weighted by molar-refractivity contribution is 5.36. The van der Waals surface area contributed by atoms with Gasteiger partial charge in [-0.15, -0.1) is 5.10 Å². The number of pyridine rings is 1. The molecule has 13 heteroatoms. The molecule has 6 heterocycles. The van der Waals surface area contributed by atoms with Crippen molar-refractivity contribution in [3.63, 3.8) is 0 Å². The predicted molar refractivity (Wildman–Crippen MR) is 111 cm³/mol. The van der Waals surface area contributed by atoms with Crippen LogP contribution >= 0.6 is 0 Å². The van der Waals surface area contributed by atoms with E-state index in [0.717, 1.165) is 31.4 Å². The topological polar surface area (TPSA) is 125 Å². The average molecular weight is 449 g/mol. The molecule has 168 valence electrons. The molecule has 0 spiro atoms. The van der Waals surface area contributed by atoms with Gasteiger partial charge in [0, 0.05) is 12.1 Å². The molecule has 4 aromatic rings. The predicted octanol–water partition coefficient (Wildman–Crippen LogP) is 1.53. The summed E-state index contributed by atoms with van der Waals surface area (Å²) in [6.45, 7) is 0.293. The molecule has 0 amide bonds. The molecule has 2 unspecified atom stereocenters. The molecule has 2 fully saturated rings. The number of hydrogen-bond acceptors (Lipinski definition) is 10. The minimum absolute atomic E-state index is 0.199. The molecule has 0 aromatic carbocycles. The van der Waals surface area contributed by atoms with Gasteiger partial charge in [-0.2, -0.15) is 19.7 Å². The average Bonchev–Trinajstić information content (AvgIpc) is 3.59. The van der Waals surface area contributed by atoms with Crippen LogP contribution in [0.5, 0.6) is 5.75 Å². The smallest absolute Gasteiger partial charge is 0.225 e. The maximum Gasteiger partial charge on any atom is 0.225 e. The van der Waals surface area contributed by atoms with Gasteiger partial charge in [-0.05, 0) is 48.2 Å². The standard InChI is InChI=1S/C20H20FN11O/c21-13-7-23-20(24-8-13)31-15-1-2-16(31)6-17(5-15)32-26-9-14(27-32)11-33-18-3-4-19(22-10-18)30-12-25-28-29-30/h3-4,7-10,12,15-17H,1-2,5-6,11H2. The summed E-state index contributed by atoms with van der Waals surface area (Å²) in [5, 5.41) is 20.1. The zero-order valence-electron chi connectivity index (χ0n) is 17.5. The van der Waals surface area contributed by atoms with Gasteiger partial charge in [0.15, 0.2) is 11.6 Å². The second kappa shape index (κ2) is 8.15. The summed E-state index contributed by atoms with van der Waals surface area (Å²) < 4.78 is 20.5. The first-order chi connectivity index (χ1) is 16.2. The number of aromatic nitrogens is 10. The van der Waals surface area contributed by atoms with Gasteiger partial charge in [0.05, 0.1) is 30.8 Å². The van der Waals surface area contributed by atoms with Crippen LogP contribution in [0.15, 0.2) is 43.2 Å². The Morgan fingerprint density at radius 3 is 2.48 bits per heavy atom. The van der Waals surface area contributed by atoms with Gasteiger partial charge < -0.3 is 9.64 Å². The van der Waals surface area contributed by atoms with E-state index in [4.69, 9.17) is 4.74 Å². The summed E-state index contributed by atoms with van der Waals surface area (Å²) in [6, 6.07) is 4.38. The van der Waals surface area contributed by atoms with Crippen molar-refractivity contribution < 1.29 is 9.13 Å². The van der Waals surface area contributed by atoms with Crippen molar-refractivity contribution in [1.29, 1.82) is 0 Å². The molecular formula is C20H20FN11O. The van der Waals surface area contributed by atoms with Crippen LogP contribution < -0.4 is 9.64 Å². The number of anilines is 1. The number of tetrazole rings is 1. The number of ether oxygens (including phenoxy) is 1. The molecule has 6 rings (SSSR count). The van der Waals surface area contributed by atoms with E-state index in [9.17, 15) is 4.39 Å². The molecule has 2 aliphatic heterocycles. The summed E-state index contributed by atoms with van der Waals surface area (Å²) in [5.74, 6) is 1.40. The number of fused-ring (bicyclic) bond motifs is 2. The minimum Gasteiger partial charge on any atom is -0.486 e. The lowest BCUT2D eigenvalue weighted by Gasteiger charge is -2.38. The van der Waals surface area contributed by atoms with Gasteiger partial charge in [0.25, 0.3) is 0 Å². The Morgan fingerprint density at radius 1 is 0.970 bits per heavy atom. The Balaban J connectivity index is 1.08. The molecule has 0 radical (unpaired) electrons. The van der Waals surface area contributed by atoms with Crippen molar-refractivity contribution in [3.05, 3.63) is 54.8 Å². The number of hydrogen-bond donors (Lipinski definition) is 0. The van der Waals surface area contributed by atoms with Crippen LogP contribution in [0.2, 0.25) is 0 Å². The highest BCUT2D eigenvalue weighted by Crippen LogP contribution is 2.41. The number of piperidine rings is 1. The first-order valence-corrected chi connectivity index (χ1v) is 10.7. The maximum absolute atomic E-state index is 13.2. The summed E-state index contributed by atoms with van der Waals surface area (Å²) in [6.07, 6.45) is 11.2. The number of halogens is 1. The quantitative estimate of drug-likeness (QED) is 0.428. The molecule has 2 atom stereocenters. The zero-order chi connectivity index (χ0) is 22.2. The monoisotopic (exact) mass is 449 g/mol. The zero-order valence-corrected chi connectivity index (χ0v) is 17.5. The molecule has 12 nitrogen and oxygen atoms in total. The summed E-state index contributed by atoms with van der Waals surface area (Å²) in [7, 11) is 0. The van der Waals surface area contributed by atoms with Gasteiger partial charge >= 0.3 is 0 Å². The van der Waals surface area contributed by atoms with E-state index in [0.29, 0.717) is 36.2 Å². The van der Waals surface area contributed by atoms with Crippen molar-refractivity contribution in [1.82, 2.24) is 50.2 Å². The highest BCUT2D eigenvalue weighted by atomic mass is 19.1. The molecule has 4 aromatic heterocycles. The molecule has 2 bridgehead atoms. The van der Waals surface area contributed by atoms with Crippen LogP contribution in [0, 0.1) is 5.82 Å². The van der Waals surface area contributed by atoms with Crippen LogP contribution in [0.25, 0.3) is 5.82 Å². The Morgan fingerprint density at radius 2 is 1.79 bits per heavy atom.